The van der Waals surface area contributed by atoms with Gasteiger partial charge in [-0.05, 0) is 39.0 Å². The predicted octanol–water partition coefficient (Wildman–Crippen LogP) is 0.637. The first-order valence-corrected chi connectivity index (χ1v) is 9.67. The van der Waals surface area contributed by atoms with Gasteiger partial charge in [-0.25, -0.2) is 0 Å². The topological polar surface area (TPSA) is 95.0 Å². The molecule has 0 aromatic rings. The van der Waals surface area contributed by atoms with Crippen molar-refractivity contribution < 1.29 is 14.6 Å². The Hall–Kier alpha value is -1.34. The molecule has 25 heavy (non-hydrogen) atoms. The van der Waals surface area contributed by atoms with Gasteiger partial charge in [0.1, 0.15) is 0 Å². The minimum atomic E-state index is -0.0339. The zero-order valence-corrected chi connectivity index (χ0v) is 15.5. The van der Waals surface area contributed by atoms with E-state index in [4.69, 9.17) is 4.74 Å². The van der Waals surface area contributed by atoms with Crippen LogP contribution in [0.2, 0.25) is 0 Å². The number of rotatable bonds is 10. The Bertz CT molecular complexity index is 432. The van der Waals surface area contributed by atoms with Crippen molar-refractivity contribution in [1.82, 2.24) is 16.0 Å². The monoisotopic (exact) mass is 354 g/mol. The molecule has 7 nitrogen and oxygen atoms in total. The molecule has 1 amide bonds. The quantitative estimate of drug-likeness (QED) is 0.262. The Morgan fingerprint density at radius 1 is 1.28 bits per heavy atom. The normalized spacial score (nSPS) is 24.0. The third-order valence-electron chi connectivity index (χ3n) is 5.17. The number of carbonyl (C=O) groups is 1. The summed E-state index contributed by atoms with van der Waals surface area (Å²) in [6.07, 6.45) is 5.81. The molecule has 0 aromatic carbocycles. The molecule has 144 valence electrons. The Kier molecular flexibility index (Phi) is 8.48. The first-order chi connectivity index (χ1) is 12.2. The van der Waals surface area contributed by atoms with Crippen LogP contribution in [-0.4, -0.2) is 63.0 Å². The zero-order chi connectivity index (χ0) is 18.0. The summed E-state index contributed by atoms with van der Waals surface area (Å²) in [5.41, 5.74) is -0.0339. The standard InChI is InChI=1S/C18H34N4O3/c1-2-19-17(22-13-18(7-11-23)8-12-25-14-18)21-10-4-9-20-16(24)15-5-3-6-15/h15,23H,2-14H2,1H3,(H,20,24)(H2,19,21,22). The fourth-order valence-corrected chi connectivity index (χ4v) is 3.20. The molecule has 1 aliphatic carbocycles. The lowest BCUT2D eigenvalue weighted by molar-refractivity contribution is -0.127. The van der Waals surface area contributed by atoms with E-state index >= 15 is 0 Å². The second-order valence-corrected chi connectivity index (χ2v) is 7.17. The minimum Gasteiger partial charge on any atom is -0.396 e. The summed E-state index contributed by atoms with van der Waals surface area (Å²) in [6.45, 7) is 6.55. The van der Waals surface area contributed by atoms with E-state index in [0.29, 0.717) is 19.7 Å². The van der Waals surface area contributed by atoms with Crippen molar-refractivity contribution in [3.63, 3.8) is 0 Å². The summed E-state index contributed by atoms with van der Waals surface area (Å²) in [4.78, 5) is 16.5. The van der Waals surface area contributed by atoms with Crippen LogP contribution in [-0.2, 0) is 9.53 Å². The van der Waals surface area contributed by atoms with E-state index in [1.807, 2.05) is 6.92 Å². The highest BCUT2D eigenvalue weighted by atomic mass is 16.5. The van der Waals surface area contributed by atoms with Crippen LogP contribution < -0.4 is 16.0 Å². The molecule has 7 heteroatoms. The number of carbonyl (C=O) groups excluding carboxylic acids is 1. The Labute approximate surface area is 151 Å². The molecule has 1 atom stereocenters. The maximum Gasteiger partial charge on any atom is 0.223 e. The maximum absolute atomic E-state index is 11.8. The van der Waals surface area contributed by atoms with E-state index in [1.54, 1.807) is 0 Å². The van der Waals surface area contributed by atoms with Gasteiger partial charge in [0.2, 0.25) is 5.91 Å². The van der Waals surface area contributed by atoms with Crippen LogP contribution >= 0.6 is 0 Å². The summed E-state index contributed by atoms with van der Waals surface area (Å²) in [5.74, 6) is 1.25. The Morgan fingerprint density at radius 3 is 2.68 bits per heavy atom. The molecule has 1 saturated carbocycles. The van der Waals surface area contributed by atoms with Gasteiger partial charge in [-0.15, -0.1) is 0 Å². The van der Waals surface area contributed by atoms with Crippen LogP contribution in [0.25, 0.3) is 0 Å². The number of aliphatic imine (C=N–C) groups is 1. The van der Waals surface area contributed by atoms with Gasteiger partial charge < -0.3 is 25.8 Å². The van der Waals surface area contributed by atoms with E-state index in [0.717, 1.165) is 57.8 Å². The van der Waals surface area contributed by atoms with Crippen LogP contribution in [0.5, 0.6) is 0 Å². The molecule has 1 saturated heterocycles. The number of hydrogen-bond donors (Lipinski definition) is 4. The second kappa shape index (κ2) is 10.6. The van der Waals surface area contributed by atoms with E-state index in [-0.39, 0.29) is 23.8 Å². The largest absolute Gasteiger partial charge is 0.396 e. The molecule has 2 fully saturated rings. The highest BCUT2D eigenvalue weighted by molar-refractivity contribution is 5.80. The second-order valence-electron chi connectivity index (χ2n) is 7.17. The van der Waals surface area contributed by atoms with E-state index in [1.165, 1.54) is 6.42 Å². The fourth-order valence-electron chi connectivity index (χ4n) is 3.20. The minimum absolute atomic E-state index is 0.0339. The SMILES string of the molecule is CCNC(=NCC1(CCO)CCOC1)NCCCNC(=O)C1CCC1. The van der Waals surface area contributed by atoms with Gasteiger partial charge >= 0.3 is 0 Å². The predicted molar refractivity (Wildman–Crippen MR) is 98.5 cm³/mol. The zero-order valence-electron chi connectivity index (χ0n) is 15.5. The highest BCUT2D eigenvalue weighted by Crippen LogP contribution is 2.32. The van der Waals surface area contributed by atoms with Gasteiger partial charge in [0.25, 0.3) is 0 Å². The van der Waals surface area contributed by atoms with Crippen LogP contribution in [0.1, 0.15) is 45.4 Å². The molecule has 0 spiro atoms. The van der Waals surface area contributed by atoms with Crippen LogP contribution in [0.3, 0.4) is 0 Å². The third-order valence-corrected chi connectivity index (χ3v) is 5.17. The van der Waals surface area contributed by atoms with Gasteiger partial charge in [-0.3, -0.25) is 9.79 Å². The lowest BCUT2D eigenvalue weighted by Crippen LogP contribution is -2.40. The average molecular weight is 354 g/mol. The van der Waals surface area contributed by atoms with Crippen molar-refractivity contribution in [1.29, 1.82) is 0 Å². The molecule has 1 unspecified atom stereocenters. The number of aliphatic hydroxyl groups excluding tert-OH is 1. The number of ether oxygens (including phenoxy) is 1. The number of nitrogens with one attached hydrogen (secondary N) is 3. The van der Waals surface area contributed by atoms with Gasteiger partial charge in [-0.1, -0.05) is 6.42 Å². The van der Waals surface area contributed by atoms with Crippen molar-refractivity contribution in [2.45, 2.75) is 45.4 Å². The highest BCUT2D eigenvalue weighted by Gasteiger charge is 2.34. The van der Waals surface area contributed by atoms with Gasteiger partial charge in [-0.2, -0.15) is 0 Å². The summed E-state index contributed by atoms with van der Waals surface area (Å²) >= 11 is 0. The lowest BCUT2D eigenvalue weighted by Gasteiger charge is -2.25. The van der Waals surface area contributed by atoms with E-state index in [9.17, 15) is 9.90 Å². The number of hydrogen-bond acceptors (Lipinski definition) is 4. The lowest BCUT2D eigenvalue weighted by atomic mass is 9.84. The van der Waals surface area contributed by atoms with Gasteiger partial charge in [0, 0.05) is 44.2 Å². The number of nitrogens with zero attached hydrogens (tertiary/aromatic N) is 1. The number of guanidine groups is 1. The van der Waals surface area contributed by atoms with Crippen molar-refractivity contribution in [3.8, 4) is 0 Å². The molecule has 0 bridgehead atoms. The maximum atomic E-state index is 11.8. The molecule has 4 N–H and O–H groups in total. The fraction of sp³-hybridized carbons (Fsp3) is 0.889. The summed E-state index contributed by atoms with van der Waals surface area (Å²) in [6, 6.07) is 0. The van der Waals surface area contributed by atoms with Crippen LogP contribution in [0, 0.1) is 11.3 Å². The van der Waals surface area contributed by atoms with Gasteiger partial charge in [0.05, 0.1) is 13.2 Å². The summed E-state index contributed by atoms with van der Waals surface area (Å²) in [5, 5.41) is 18.9. The first-order valence-electron chi connectivity index (χ1n) is 9.67. The third kappa shape index (κ3) is 6.47. The van der Waals surface area contributed by atoms with Crippen LogP contribution in [0.4, 0.5) is 0 Å². The van der Waals surface area contributed by atoms with Crippen molar-refractivity contribution in [2.75, 3.05) is 46.0 Å². The Morgan fingerprint density at radius 2 is 2.08 bits per heavy atom. The molecule has 2 aliphatic rings. The molecule has 1 heterocycles. The molecule has 0 radical (unpaired) electrons. The smallest absolute Gasteiger partial charge is 0.223 e. The number of amides is 1. The van der Waals surface area contributed by atoms with Crippen molar-refractivity contribution >= 4 is 11.9 Å². The molecule has 1 aliphatic heterocycles. The van der Waals surface area contributed by atoms with Crippen molar-refractivity contribution in [3.05, 3.63) is 0 Å². The molecule has 2 rings (SSSR count). The van der Waals surface area contributed by atoms with E-state index < -0.39 is 0 Å². The summed E-state index contributed by atoms with van der Waals surface area (Å²) < 4.78 is 5.51. The molecule has 0 aromatic heterocycles. The van der Waals surface area contributed by atoms with Gasteiger partial charge in [0.15, 0.2) is 5.96 Å². The molecular weight excluding hydrogens is 320 g/mol. The molecular formula is C18H34N4O3. The summed E-state index contributed by atoms with van der Waals surface area (Å²) in [7, 11) is 0. The van der Waals surface area contributed by atoms with Crippen LogP contribution in [0.15, 0.2) is 4.99 Å². The average Bonchev–Trinajstić information content (AvgIpc) is 3.00. The van der Waals surface area contributed by atoms with E-state index in [2.05, 4.69) is 20.9 Å². The number of aliphatic hydroxyl groups is 1. The Balaban J connectivity index is 1.68. The van der Waals surface area contributed by atoms with Crippen molar-refractivity contribution in [2.24, 2.45) is 16.3 Å². The first kappa shape index (κ1) is 20.0.